The summed E-state index contributed by atoms with van der Waals surface area (Å²) in [7, 11) is 0. The molecule has 0 aliphatic rings. The molecule has 0 aliphatic carbocycles. The van der Waals surface area contributed by atoms with E-state index in [4.69, 9.17) is 9.84 Å². The number of esters is 1. The first kappa shape index (κ1) is 33.6. The third kappa shape index (κ3) is 24.1. The lowest BCUT2D eigenvalue weighted by Crippen LogP contribution is -2.30. The SMILES string of the molecule is CCCCCCCCC=CCCCCCCCC(CCCCCCCC)OC(=O)C(O)CC(=O)O. The van der Waals surface area contributed by atoms with Crippen LogP contribution >= 0.6 is 0 Å². The number of aliphatic hydroxyl groups excluding tert-OH is 1. The van der Waals surface area contributed by atoms with E-state index >= 15 is 0 Å². The van der Waals surface area contributed by atoms with E-state index < -0.39 is 24.5 Å². The zero-order chi connectivity index (χ0) is 26.0. The second-order valence-corrected chi connectivity index (χ2v) is 10.1. The highest BCUT2D eigenvalue weighted by Crippen LogP contribution is 2.18. The Labute approximate surface area is 216 Å². The van der Waals surface area contributed by atoms with Gasteiger partial charge in [-0.1, -0.05) is 109 Å². The van der Waals surface area contributed by atoms with Crippen molar-refractivity contribution in [3.63, 3.8) is 0 Å². The van der Waals surface area contributed by atoms with E-state index in [2.05, 4.69) is 26.0 Å². The quantitative estimate of drug-likeness (QED) is 0.0712. The molecule has 35 heavy (non-hydrogen) atoms. The van der Waals surface area contributed by atoms with Crippen LogP contribution in [0.4, 0.5) is 0 Å². The molecule has 0 aromatic heterocycles. The van der Waals surface area contributed by atoms with Crippen molar-refractivity contribution in [3.8, 4) is 0 Å². The molecule has 5 nitrogen and oxygen atoms in total. The van der Waals surface area contributed by atoms with Gasteiger partial charge in [-0.25, -0.2) is 4.79 Å². The van der Waals surface area contributed by atoms with E-state index in [9.17, 15) is 14.7 Å². The Kier molecular flexibility index (Phi) is 24.7. The summed E-state index contributed by atoms with van der Waals surface area (Å²) in [6, 6.07) is 0. The number of hydrogen-bond acceptors (Lipinski definition) is 4. The van der Waals surface area contributed by atoms with E-state index in [-0.39, 0.29) is 6.10 Å². The largest absolute Gasteiger partial charge is 0.481 e. The van der Waals surface area contributed by atoms with Crippen LogP contribution in [0.2, 0.25) is 0 Å². The number of allylic oxidation sites excluding steroid dienone is 2. The smallest absolute Gasteiger partial charge is 0.335 e. The van der Waals surface area contributed by atoms with Gasteiger partial charge in [-0.15, -0.1) is 0 Å². The third-order valence-corrected chi connectivity index (χ3v) is 6.59. The van der Waals surface area contributed by atoms with E-state index in [1.54, 1.807) is 0 Å². The van der Waals surface area contributed by atoms with Crippen molar-refractivity contribution in [1.29, 1.82) is 0 Å². The maximum absolute atomic E-state index is 12.1. The van der Waals surface area contributed by atoms with Crippen LogP contribution in [-0.2, 0) is 14.3 Å². The predicted octanol–water partition coefficient (Wildman–Crippen LogP) is 8.52. The first-order valence-corrected chi connectivity index (χ1v) is 14.8. The number of ether oxygens (including phenoxy) is 1. The lowest BCUT2D eigenvalue weighted by Gasteiger charge is -2.19. The number of carboxylic acids is 1. The van der Waals surface area contributed by atoms with E-state index in [1.165, 1.54) is 89.9 Å². The van der Waals surface area contributed by atoms with Gasteiger partial charge in [-0.05, 0) is 51.4 Å². The minimum atomic E-state index is -1.58. The molecule has 2 N–H and O–H groups in total. The van der Waals surface area contributed by atoms with E-state index in [0.717, 1.165) is 44.9 Å². The Balaban J connectivity index is 3.99. The standard InChI is InChI=1S/C30H56O5/c1-3-5-7-9-11-12-13-14-15-16-17-18-19-21-23-25-27(24-22-20-10-8-6-4-2)35-30(34)28(31)26-29(32)33/h14-15,27-28,31H,3-13,16-26H2,1-2H3,(H,32,33). The van der Waals surface area contributed by atoms with Crippen LogP contribution in [-0.4, -0.2) is 34.4 Å². The molecule has 0 fully saturated rings. The number of carboxylic acid groups (broad SMARTS) is 1. The molecule has 0 rings (SSSR count). The van der Waals surface area contributed by atoms with Crippen molar-refractivity contribution in [3.05, 3.63) is 12.2 Å². The van der Waals surface area contributed by atoms with Crippen LogP contribution in [0.5, 0.6) is 0 Å². The van der Waals surface area contributed by atoms with Crippen LogP contribution in [0.1, 0.15) is 155 Å². The lowest BCUT2D eigenvalue weighted by molar-refractivity contribution is -0.163. The van der Waals surface area contributed by atoms with Gasteiger partial charge >= 0.3 is 11.9 Å². The van der Waals surface area contributed by atoms with Crippen molar-refractivity contribution >= 4 is 11.9 Å². The van der Waals surface area contributed by atoms with Crippen molar-refractivity contribution in [1.82, 2.24) is 0 Å². The molecule has 2 unspecified atom stereocenters. The Morgan fingerprint density at radius 1 is 0.657 bits per heavy atom. The predicted molar refractivity (Wildman–Crippen MR) is 146 cm³/mol. The van der Waals surface area contributed by atoms with E-state index in [0.29, 0.717) is 0 Å². The molecule has 0 aromatic rings. The van der Waals surface area contributed by atoms with Crippen LogP contribution in [0, 0.1) is 0 Å². The minimum absolute atomic E-state index is 0.220. The van der Waals surface area contributed by atoms with Gasteiger partial charge in [0.25, 0.3) is 0 Å². The molecule has 0 aliphatic heterocycles. The van der Waals surface area contributed by atoms with Gasteiger partial charge in [0, 0.05) is 0 Å². The molecule has 0 aromatic carbocycles. The summed E-state index contributed by atoms with van der Waals surface area (Å²) in [4.78, 5) is 22.8. The van der Waals surface area contributed by atoms with Crippen LogP contribution in [0.3, 0.4) is 0 Å². The molecule has 0 amide bonds. The number of carbonyl (C=O) groups excluding carboxylic acids is 1. The van der Waals surface area contributed by atoms with Gasteiger partial charge in [0.1, 0.15) is 6.10 Å². The van der Waals surface area contributed by atoms with Gasteiger partial charge in [0.05, 0.1) is 6.42 Å². The molecule has 0 bridgehead atoms. The van der Waals surface area contributed by atoms with Crippen molar-refractivity contribution in [2.75, 3.05) is 0 Å². The summed E-state index contributed by atoms with van der Waals surface area (Å²) in [5, 5.41) is 18.5. The van der Waals surface area contributed by atoms with Gasteiger partial charge in [0.2, 0.25) is 0 Å². The maximum atomic E-state index is 12.1. The minimum Gasteiger partial charge on any atom is -0.481 e. The van der Waals surface area contributed by atoms with E-state index in [1.807, 2.05) is 0 Å². The summed E-state index contributed by atoms with van der Waals surface area (Å²) < 4.78 is 5.50. The van der Waals surface area contributed by atoms with Gasteiger partial charge < -0.3 is 14.9 Å². The molecule has 5 heteroatoms. The van der Waals surface area contributed by atoms with Crippen LogP contribution in [0.25, 0.3) is 0 Å². The zero-order valence-electron chi connectivity index (χ0n) is 23.0. The fraction of sp³-hybridized carbons (Fsp3) is 0.867. The average molecular weight is 497 g/mol. The zero-order valence-corrected chi connectivity index (χ0v) is 23.0. The molecular formula is C30H56O5. The van der Waals surface area contributed by atoms with Crippen molar-refractivity contribution in [2.24, 2.45) is 0 Å². The average Bonchev–Trinajstić information content (AvgIpc) is 2.82. The summed E-state index contributed by atoms with van der Waals surface area (Å²) in [6.07, 6.45) is 27.2. The molecular weight excluding hydrogens is 440 g/mol. The Bertz CT molecular complexity index is 517. The highest BCUT2D eigenvalue weighted by atomic mass is 16.6. The first-order chi connectivity index (χ1) is 17.0. The molecule has 0 spiro atoms. The van der Waals surface area contributed by atoms with Gasteiger partial charge in [0.15, 0.2) is 6.10 Å². The topological polar surface area (TPSA) is 83.8 Å². The molecule has 0 radical (unpaired) electrons. The number of carbonyl (C=O) groups is 2. The maximum Gasteiger partial charge on any atom is 0.335 e. The summed E-state index contributed by atoms with van der Waals surface area (Å²) in [6.45, 7) is 4.46. The molecule has 0 heterocycles. The van der Waals surface area contributed by atoms with Crippen LogP contribution in [0.15, 0.2) is 12.2 Å². The Morgan fingerprint density at radius 3 is 1.49 bits per heavy atom. The third-order valence-electron chi connectivity index (χ3n) is 6.59. The second-order valence-electron chi connectivity index (χ2n) is 10.1. The fourth-order valence-corrected chi connectivity index (χ4v) is 4.35. The number of hydrogen-bond donors (Lipinski definition) is 2. The number of unbranched alkanes of at least 4 members (excludes halogenated alkanes) is 16. The molecule has 206 valence electrons. The second kappa shape index (κ2) is 25.7. The highest BCUT2D eigenvalue weighted by Gasteiger charge is 2.23. The lowest BCUT2D eigenvalue weighted by atomic mass is 10.0. The molecule has 0 saturated heterocycles. The number of rotatable bonds is 26. The monoisotopic (exact) mass is 496 g/mol. The summed E-state index contributed by atoms with van der Waals surface area (Å²) in [5.41, 5.74) is 0. The van der Waals surface area contributed by atoms with Crippen molar-refractivity contribution in [2.45, 2.75) is 167 Å². The Hall–Kier alpha value is -1.36. The number of aliphatic carboxylic acids is 1. The molecule has 2 atom stereocenters. The first-order valence-electron chi connectivity index (χ1n) is 14.8. The van der Waals surface area contributed by atoms with Crippen molar-refractivity contribution < 1.29 is 24.5 Å². The number of aliphatic hydroxyl groups is 1. The summed E-state index contributed by atoms with van der Waals surface area (Å²) >= 11 is 0. The van der Waals surface area contributed by atoms with Gasteiger partial charge in [-0.3, -0.25) is 4.79 Å². The molecule has 0 saturated carbocycles. The van der Waals surface area contributed by atoms with Gasteiger partial charge in [-0.2, -0.15) is 0 Å². The van der Waals surface area contributed by atoms with Crippen LogP contribution < -0.4 is 0 Å². The normalized spacial score (nSPS) is 13.2. The Morgan fingerprint density at radius 2 is 1.06 bits per heavy atom. The fourth-order valence-electron chi connectivity index (χ4n) is 4.35. The summed E-state index contributed by atoms with van der Waals surface area (Å²) in [5.74, 6) is -1.99. The highest BCUT2D eigenvalue weighted by molar-refractivity contribution is 5.80.